The Hall–Kier alpha value is -1.36. The number of hydrogen-bond donors (Lipinski definition) is 0. The third-order valence-corrected chi connectivity index (χ3v) is 4.03. The number of nitrogens with zero attached hydrogens (tertiary/aromatic N) is 1. The number of benzene rings is 2. The highest BCUT2D eigenvalue weighted by Gasteiger charge is 2.37. The molecule has 0 bridgehead atoms. The molecule has 3 nitrogen and oxygen atoms in total. The first-order valence-electron chi connectivity index (χ1n) is 5.62. The van der Waals surface area contributed by atoms with Crippen LogP contribution in [0.3, 0.4) is 0 Å². The maximum atomic E-state index is 12.4. The molecule has 0 saturated heterocycles. The van der Waals surface area contributed by atoms with Crippen LogP contribution >= 0.6 is 39.1 Å². The van der Waals surface area contributed by atoms with Gasteiger partial charge in [-0.1, -0.05) is 39.1 Å². The van der Waals surface area contributed by atoms with Crippen molar-refractivity contribution in [1.82, 2.24) is 0 Å². The van der Waals surface area contributed by atoms with Crippen LogP contribution in [0.1, 0.15) is 20.7 Å². The van der Waals surface area contributed by atoms with Crippen molar-refractivity contribution in [3.8, 4) is 0 Å². The van der Waals surface area contributed by atoms with Gasteiger partial charge in [-0.05, 0) is 36.4 Å². The van der Waals surface area contributed by atoms with E-state index in [4.69, 9.17) is 23.2 Å². The molecule has 2 amide bonds. The van der Waals surface area contributed by atoms with Crippen molar-refractivity contribution in [2.75, 3.05) is 4.90 Å². The van der Waals surface area contributed by atoms with E-state index in [-0.39, 0.29) is 10.9 Å². The Labute approximate surface area is 133 Å². The van der Waals surface area contributed by atoms with Gasteiger partial charge in [0.1, 0.15) is 0 Å². The van der Waals surface area contributed by atoms with Crippen LogP contribution in [0.2, 0.25) is 10.0 Å². The molecule has 0 aromatic heterocycles. The van der Waals surface area contributed by atoms with Crippen LogP contribution in [0.25, 0.3) is 0 Å². The largest absolute Gasteiger partial charge is 0.268 e. The van der Waals surface area contributed by atoms with Gasteiger partial charge in [-0.2, -0.15) is 0 Å². The first kappa shape index (κ1) is 13.6. The van der Waals surface area contributed by atoms with Crippen LogP contribution in [0, 0.1) is 0 Å². The van der Waals surface area contributed by atoms with Crippen molar-refractivity contribution in [3.63, 3.8) is 0 Å². The summed E-state index contributed by atoms with van der Waals surface area (Å²) in [6.07, 6.45) is 0. The smallest absolute Gasteiger partial charge is 0.266 e. The Kier molecular flexibility index (Phi) is 3.32. The lowest BCUT2D eigenvalue weighted by molar-refractivity contribution is 0.0926. The van der Waals surface area contributed by atoms with Gasteiger partial charge in [0.2, 0.25) is 0 Å². The number of carbonyl (C=O) groups excluding carboxylic acids is 2. The molecule has 20 heavy (non-hydrogen) atoms. The molecular weight excluding hydrogens is 365 g/mol. The van der Waals surface area contributed by atoms with Crippen molar-refractivity contribution in [3.05, 3.63) is 62.0 Å². The summed E-state index contributed by atoms with van der Waals surface area (Å²) in [6.45, 7) is 0. The van der Waals surface area contributed by atoms with E-state index < -0.39 is 5.91 Å². The highest BCUT2D eigenvalue weighted by Crippen LogP contribution is 2.35. The third-order valence-electron chi connectivity index (χ3n) is 3.00. The van der Waals surface area contributed by atoms with E-state index >= 15 is 0 Å². The number of imide groups is 1. The second kappa shape index (κ2) is 4.88. The summed E-state index contributed by atoms with van der Waals surface area (Å²) in [7, 11) is 0. The molecule has 2 aromatic rings. The van der Waals surface area contributed by atoms with Crippen molar-refractivity contribution in [2.45, 2.75) is 0 Å². The average Bonchev–Trinajstić information content (AvgIpc) is 2.63. The van der Waals surface area contributed by atoms with Gasteiger partial charge in [0.15, 0.2) is 0 Å². The Morgan fingerprint density at radius 3 is 2.30 bits per heavy atom. The van der Waals surface area contributed by atoms with Gasteiger partial charge in [-0.25, -0.2) is 4.90 Å². The quantitative estimate of drug-likeness (QED) is 0.690. The molecule has 100 valence electrons. The number of anilines is 1. The number of amides is 2. The molecule has 0 spiro atoms. The van der Waals surface area contributed by atoms with Crippen LogP contribution in [0.4, 0.5) is 5.69 Å². The van der Waals surface area contributed by atoms with Crippen molar-refractivity contribution >= 4 is 56.6 Å². The Balaban J connectivity index is 2.14. The second-order valence-corrected chi connectivity index (χ2v) is 5.99. The molecule has 1 aliphatic heterocycles. The van der Waals surface area contributed by atoms with E-state index in [1.807, 2.05) is 0 Å². The average molecular weight is 371 g/mol. The highest BCUT2D eigenvalue weighted by atomic mass is 79.9. The van der Waals surface area contributed by atoms with Gasteiger partial charge in [0.25, 0.3) is 11.8 Å². The van der Waals surface area contributed by atoms with Crippen molar-refractivity contribution in [1.29, 1.82) is 0 Å². The van der Waals surface area contributed by atoms with Crippen LogP contribution in [-0.2, 0) is 0 Å². The summed E-state index contributed by atoms with van der Waals surface area (Å²) < 4.78 is 0.737. The predicted octanol–water partition coefficient (Wildman–Crippen LogP) is 4.56. The van der Waals surface area contributed by atoms with Gasteiger partial charge < -0.3 is 0 Å². The SMILES string of the molecule is O=C1c2ccc(Br)cc2C(=O)N1c1ccc(Cl)cc1Cl. The topological polar surface area (TPSA) is 37.4 Å². The Morgan fingerprint density at radius 1 is 0.900 bits per heavy atom. The van der Waals surface area contributed by atoms with Crippen molar-refractivity contribution in [2.24, 2.45) is 0 Å². The molecule has 0 radical (unpaired) electrons. The zero-order valence-electron chi connectivity index (χ0n) is 9.86. The molecule has 0 aliphatic carbocycles. The fourth-order valence-electron chi connectivity index (χ4n) is 2.09. The minimum Gasteiger partial charge on any atom is -0.268 e. The van der Waals surface area contributed by atoms with E-state index in [0.717, 1.165) is 9.37 Å². The molecular formula is C14H6BrCl2NO2. The van der Waals surface area contributed by atoms with Crippen molar-refractivity contribution < 1.29 is 9.59 Å². The lowest BCUT2D eigenvalue weighted by Gasteiger charge is -2.15. The molecule has 0 atom stereocenters. The van der Waals surface area contributed by atoms with Crippen LogP contribution in [0.15, 0.2) is 40.9 Å². The Bertz CT molecular complexity index is 761. The molecule has 0 saturated carbocycles. The molecule has 0 N–H and O–H groups in total. The summed E-state index contributed by atoms with van der Waals surface area (Å²) in [5.74, 6) is -0.780. The number of halogens is 3. The molecule has 1 aliphatic rings. The van der Waals surface area contributed by atoms with Crippen LogP contribution in [-0.4, -0.2) is 11.8 Å². The zero-order valence-corrected chi connectivity index (χ0v) is 13.0. The summed E-state index contributed by atoms with van der Waals surface area (Å²) >= 11 is 15.2. The first-order valence-corrected chi connectivity index (χ1v) is 7.17. The number of rotatable bonds is 1. The number of fused-ring (bicyclic) bond motifs is 1. The van der Waals surface area contributed by atoms with E-state index in [9.17, 15) is 9.59 Å². The van der Waals surface area contributed by atoms with Gasteiger partial charge in [0.05, 0.1) is 21.8 Å². The highest BCUT2D eigenvalue weighted by molar-refractivity contribution is 9.10. The monoisotopic (exact) mass is 369 g/mol. The van der Waals surface area contributed by atoms with Gasteiger partial charge in [-0.15, -0.1) is 0 Å². The minimum atomic E-state index is -0.393. The normalized spacial score (nSPS) is 13.8. The number of carbonyl (C=O) groups is 2. The molecule has 0 unspecified atom stereocenters. The maximum Gasteiger partial charge on any atom is 0.266 e. The lowest BCUT2D eigenvalue weighted by atomic mass is 10.1. The Morgan fingerprint density at radius 2 is 1.60 bits per heavy atom. The third kappa shape index (κ3) is 2.04. The molecule has 2 aromatic carbocycles. The van der Waals surface area contributed by atoms with Crippen LogP contribution in [0.5, 0.6) is 0 Å². The van der Waals surface area contributed by atoms with Gasteiger partial charge in [0, 0.05) is 9.50 Å². The zero-order chi connectivity index (χ0) is 14.4. The van der Waals surface area contributed by atoms with Gasteiger partial charge >= 0.3 is 0 Å². The molecule has 3 rings (SSSR count). The van der Waals surface area contributed by atoms with Crippen LogP contribution < -0.4 is 4.90 Å². The fourth-order valence-corrected chi connectivity index (χ4v) is 2.95. The summed E-state index contributed by atoms with van der Waals surface area (Å²) in [4.78, 5) is 25.8. The standard InChI is InChI=1S/C14H6BrCl2NO2/c15-7-1-3-9-10(5-7)14(20)18(13(9)19)12-4-2-8(16)6-11(12)17/h1-6H. The van der Waals surface area contributed by atoms with E-state index in [1.165, 1.54) is 6.07 Å². The van der Waals surface area contributed by atoms with E-state index in [2.05, 4.69) is 15.9 Å². The van der Waals surface area contributed by atoms with E-state index in [1.54, 1.807) is 30.3 Å². The lowest BCUT2D eigenvalue weighted by Crippen LogP contribution is -2.29. The number of hydrogen-bond acceptors (Lipinski definition) is 2. The fraction of sp³-hybridized carbons (Fsp3) is 0. The van der Waals surface area contributed by atoms with E-state index in [0.29, 0.717) is 21.8 Å². The molecule has 0 fully saturated rings. The molecule has 6 heteroatoms. The maximum absolute atomic E-state index is 12.4. The summed E-state index contributed by atoms with van der Waals surface area (Å²) in [5, 5.41) is 0.698. The first-order chi connectivity index (χ1) is 9.49. The summed E-state index contributed by atoms with van der Waals surface area (Å²) in [5.41, 5.74) is 1.05. The predicted molar refractivity (Wildman–Crippen MR) is 81.7 cm³/mol. The molecule has 1 heterocycles. The van der Waals surface area contributed by atoms with Gasteiger partial charge in [-0.3, -0.25) is 9.59 Å². The minimum absolute atomic E-state index is 0.256. The summed E-state index contributed by atoms with van der Waals surface area (Å²) in [6, 6.07) is 9.60. The second-order valence-electron chi connectivity index (χ2n) is 4.23.